The summed E-state index contributed by atoms with van der Waals surface area (Å²) in [6.45, 7) is 3.12. The molecule has 1 saturated carbocycles. The van der Waals surface area contributed by atoms with Gasteiger partial charge in [-0.3, -0.25) is 4.79 Å². The van der Waals surface area contributed by atoms with E-state index in [1.54, 1.807) is 0 Å². The summed E-state index contributed by atoms with van der Waals surface area (Å²) in [7, 11) is 0. The number of amides is 1. The molecule has 0 bridgehead atoms. The van der Waals surface area contributed by atoms with Crippen molar-refractivity contribution in [2.75, 3.05) is 6.54 Å². The molecule has 1 aliphatic rings. The molecule has 1 amide bonds. The molecule has 1 aliphatic carbocycles. The molecule has 0 saturated heterocycles. The van der Waals surface area contributed by atoms with Crippen molar-refractivity contribution >= 4 is 28.5 Å². The Balaban J connectivity index is 1.80. The van der Waals surface area contributed by atoms with E-state index in [9.17, 15) is 4.79 Å². The zero-order valence-electron chi connectivity index (χ0n) is 11.5. The second kappa shape index (κ2) is 7.27. The normalized spacial score (nSPS) is 23.1. The average Bonchev–Trinajstić information content (AvgIpc) is 2.46. The quantitative estimate of drug-likeness (QED) is 0.789. The minimum Gasteiger partial charge on any atom is -0.352 e. The molecule has 3 heteroatoms. The van der Waals surface area contributed by atoms with Gasteiger partial charge in [-0.05, 0) is 59.4 Å². The first-order chi connectivity index (χ1) is 9.20. The van der Waals surface area contributed by atoms with Crippen molar-refractivity contribution in [2.45, 2.75) is 39.0 Å². The Hall–Kier alpha value is -0.580. The highest BCUT2D eigenvalue weighted by Crippen LogP contribution is 2.30. The first kappa shape index (κ1) is 14.8. The largest absolute Gasteiger partial charge is 0.352 e. The third-order valence-corrected chi connectivity index (χ3v) is 5.15. The zero-order valence-corrected chi connectivity index (χ0v) is 13.7. The van der Waals surface area contributed by atoms with Crippen molar-refractivity contribution in [3.63, 3.8) is 0 Å². The van der Waals surface area contributed by atoms with Crippen LogP contribution >= 0.6 is 22.6 Å². The topological polar surface area (TPSA) is 29.1 Å². The molecule has 104 valence electrons. The van der Waals surface area contributed by atoms with Gasteiger partial charge in [0, 0.05) is 10.1 Å². The highest BCUT2D eigenvalue weighted by atomic mass is 127. The van der Waals surface area contributed by atoms with Crippen LogP contribution in [-0.2, 0) is 0 Å². The molecule has 0 unspecified atom stereocenters. The lowest BCUT2D eigenvalue weighted by Gasteiger charge is -2.27. The maximum Gasteiger partial charge on any atom is 0.252 e. The van der Waals surface area contributed by atoms with Crippen molar-refractivity contribution in [3.05, 3.63) is 33.4 Å². The van der Waals surface area contributed by atoms with Gasteiger partial charge in [0.25, 0.3) is 5.91 Å². The molecule has 2 rings (SSSR count). The molecule has 0 aliphatic heterocycles. The maximum absolute atomic E-state index is 12.1. The van der Waals surface area contributed by atoms with Crippen LogP contribution in [-0.4, -0.2) is 12.5 Å². The molecule has 0 heterocycles. The fourth-order valence-electron chi connectivity index (χ4n) is 2.82. The molecule has 19 heavy (non-hydrogen) atoms. The Labute approximate surface area is 129 Å². The molecule has 0 spiro atoms. The maximum atomic E-state index is 12.1. The summed E-state index contributed by atoms with van der Waals surface area (Å²) in [5, 5.41) is 3.10. The van der Waals surface area contributed by atoms with Crippen molar-refractivity contribution in [3.8, 4) is 0 Å². The van der Waals surface area contributed by atoms with E-state index in [-0.39, 0.29) is 5.91 Å². The van der Waals surface area contributed by atoms with E-state index < -0.39 is 0 Å². The fourth-order valence-corrected chi connectivity index (χ4v) is 3.45. The lowest BCUT2D eigenvalue weighted by molar-refractivity contribution is 0.0940. The first-order valence-corrected chi connectivity index (χ1v) is 8.31. The first-order valence-electron chi connectivity index (χ1n) is 7.23. The Bertz CT molecular complexity index is 425. The molecule has 1 N–H and O–H groups in total. The third kappa shape index (κ3) is 4.20. The Morgan fingerprint density at radius 1 is 1.21 bits per heavy atom. The van der Waals surface area contributed by atoms with Crippen LogP contribution in [0.4, 0.5) is 0 Å². The van der Waals surface area contributed by atoms with E-state index in [0.717, 1.165) is 21.6 Å². The van der Waals surface area contributed by atoms with Crippen molar-refractivity contribution < 1.29 is 4.79 Å². The minimum atomic E-state index is 0.0719. The van der Waals surface area contributed by atoms with Crippen LogP contribution in [0.2, 0.25) is 0 Å². The standard InChI is InChI=1S/C16H22INO/c1-2-12-7-9-13(10-8-12)11-18-16(19)14-5-3-4-6-15(14)17/h3-6,12-13H,2,7-11H2,1H3,(H,18,19). The van der Waals surface area contributed by atoms with Crippen LogP contribution in [0.1, 0.15) is 49.4 Å². The van der Waals surface area contributed by atoms with Gasteiger partial charge in [0.1, 0.15) is 0 Å². The molecule has 1 aromatic rings. The van der Waals surface area contributed by atoms with Gasteiger partial charge in [0.2, 0.25) is 0 Å². The van der Waals surface area contributed by atoms with E-state index in [0.29, 0.717) is 5.92 Å². The van der Waals surface area contributed by atoms with Crippen LogP contribution in [0, 0.1) is 15.4 Å². The Morgan fingerprint density at radius 2 is 1.84 bits per heavy atom. The minimum absolute atomic E-state index is 0.0719. The number of hydrogen-bond acceptors (Lipinski definition) is 1. The lowest BCUT2D eigenvalue weighted by atomic mass is 9.81. The third-order valence-electron chi connectivity index (χ3n) is 4.21. The fraction of sp³-hybridized carbons (Fsp3) is 0.562. The summed E-state index contributed by atoms with van der Waals surface area (Å²) >= 11 is 2.22. The number of nitrogens with one attached hydrogen (secondary N) is 1. The van der Waals surface area contributed by atoms with Crippen molar-refractivity contribution in [2.24, 2.45) is 11.8 Å². The van der Waals surface area contributed by atoms with Gasteiger partial charge in [-0.25, -0.2) is 0 Å². The number of benzene rings is 1. The summed E-state index contributed by atoms with van der Waals surface area (Å²) in [5.74, 6) is 1.66. The van der Waals surface area contributed by atoms with E-state index in [4.69, 9.17) is 0 Å². The summed E-state index contributed by atoms with van der Waals surface area (Å²) in [6.07, 6.45) is 6.51. The molecular formula is C16H22INO. The van der Waals surface area contributed by atoms with Gasteiger partial charge in [-0.15, -0.1) is 0 Å². The summed E-state index contributed by atoms with van der Waals surface area (Å²) in [4.78, 5) is 12.1. The van der Waals surface area contributed by atoms with Gasteiger partial charge < -0.3 is 5.32 Å². The highest BCUT2D eigenvalue weighted by Gasteiger charge is 2.20. The second-order valence-electron chi connectivity index (χ2n) is 5.48. The monoisotopic (exact) mass is 371 g/mol. The number of rotatable bonds is 4. The van der Waals surface area contributed by atoms with Gasteiger partial charge in [-0.2, -0.15) is 0 Å². The smallest absolute Gasteiger partial charge is 0.252 e. The van der Waals surface area contributed by atoms with E-state index >= 15 is 0 Å². The Morgan fingerprint density at radius 3 is 2.47 bits per heavy atom. The van der Waals surface area contributed by atoms with Crippen LogP contribution in [0.5, 0.6) is 0 Å². The molecule has 1 aromatic carbocycles. The molecule has 1 fully saturated rings. The van der Waals surface area contributed by atoms with Gasteiger partial charge in [0.05, 0.1) is 5.56 Å². The number of carbonyl (C=O) groups excluding carboxylic acids is 1. The van der Waals surface area contributed by atoms with Gasteiger partial charge in [0.15, 0.2) is 0 Å². The predicted molar refractivity (Wildman–Crippen MR) is 87.2 cm³/mol. The van der Waals surface area contributed by atoms with Gasteiger partial charge in [-0.1, -0.05) is 38.3 Å². The van der Waals surface area contributed by atoms with E-state index in [1.807, 2.05) is 24.3 Å². The molecular weight excluding hydrogens is 349 g/mol. The lowest BCUT2D eigenvalue weighted by Crippen LogP contribution is -2.31. The summed E-state index contributed by atoms with van der Waals surface area (Å²) in [6, 6.07) is 7.75. The zero-order chi connectivity index (χ0) is 13.7. The second-order valence-corrected chi connectivity index (χ2v) is 6.65. The predicted octanol–water partition coefficient (Wildman–Crippen LogP) is 4.24. The molecule has 0 aromatic heterocycles. The van der Waals surface area contributed by atoms with Crippen LogP contribution in [0.25, 0.3) is 0 Å². The summed E-state index contributed by atoms with van der Waals surface area (Å²) in [5.41, 5.74) is 0.797. The molecule has 0 atom stereocenters. The van der Waals surface area contributed by atoms with Crippen LogP contribution in [0.15, 0.2) is 24.3 Å². The molecule has 2 nitrogen and oxygen atoms in total. The SMILES string of the molecule is CCC1CCC(CNC(=O)c2ccccc2I)CC1. The van der Waals surface area contributed by atoms with Crippen LogP contribution < -0.4 is 5.32 Å². The Kier molecular flexibility index (Phi) is 5.67. The highest BCUT2D eigenvalue weighted by molar-refractivity contribution is 14.1. The average molecular weight is 371 g/mol. The van der Waals surface area contributed by atoms with E-state index in [2.05, 4.69) is 34.8 Å². The van der Waals surface area contributed by atoms with Gasteiger partial charge >= 0.3 is 0 Å². The number of hydrogen-bond donors (Lipinski definition) is 1. The summed E-state index contributed by atoms with van der Waals surface area (Å²) < 4.78 is 1.02. The van der Waals surface area contributed by atoms with Crippen molar-refractivity contribution in [1.82, 2.24) is 5.32 Å². The van der Waals surface area contributed by atoms with E-state index in [1.165, 1.54) is 32.1 Å². The van der Waals surface area contributed by atoms with Crippen LogP contribution in [0.3, 0.4) is 0 Å². The number of halogens is 1. The molecule has 0 radical (unpaired) electrons. The number of carbonyl (C=O) groups is 1. The van der Waals surface area contributed by atoms with Crippen molar-refractivity contribution in [1.29, 1.82) is 0 Å².